The maximum Gasteiger partial charge on any atom is 0.319 e. The Balaban J connectivity index is 1.56. The average Bonchev–Trinajstić information content (AvgIpc) is 3.25. The van der Waals surface area contributed by atoms with Crippen LogP contribution in [0.4, 0.5) is 16.2 Å². The molecule has 2 saturated heterocycles. The number of urea groups is 1. The van der Waals surface area contributed by atoms with Crippen LogP contribution in [0.3, 0.4) is 0 Å². The van der Waals surface area contributed by atoms with Crippen molar-refractivity contribution in [3.63, 3.8) is 0 Å². The van der Waals surface area contributed by atoms with Gasteiger partial charge in [-0.05, 0) is 57.3 Å². The van der Waals surface area contributed by atoms with Crippen LogP contribution in [-0.4, -0.2) is 61.7 Å². The van der Waals surface area contributed by atoms with E-state index in [4.69, 9.17) is 11.6 Å². The van der Waals surface area contributed by atoms with E-state index in [1.165, 1.54) is 12.8 Å². The molecule has 1 aromatic carbocycles. The zero-order valence-electron chi connectivity index (χ0n) is 15.0. The third-order valence-corrected chi connectivity index (χ3v) is 6.80. The van der Waals surface area contributed by atoms with E-state index >= 15 is 0 Å². The molecule has 2 N–H and O–H groups in total. The number of halogens is 1. The highest BCUT2D eigenvalue weighted by molar-refractivity contribution is 7.99. The highest BCUT2D eigenvalue weighted by atomic mass is 35.5. The standard InChI is InChI=1S/C18H27ClN4OS/c1-22(2)18(7-10-25-13-18)12-20-17(24)21-14-5-6-16(15(19)11-14)23-8-3-4-9-23/h5-6,11H,3-4,7-10,12-13H2,1-2H3,(H2,20,21,24)/t18-/m0/s1. The van der Waals surface area contributed by atoms with E-state index in [9.17, 15) is 4.79 Å². The Kier molecular flexibility index (Phi) is 6.02. The van der Waals surface area contributed by atoms with Gasteiger partial charge in [0.2, 0.25) is 0 Å². The first-order valence-electron chi connectivity index (χ1n) is 8.85. The first kappa shape index (κ1) is 18.7. The Bertz CT molecular complexity index is 613. The van der Waals surface area contributed by atoms with Gasteiger partial charge in [0, 0.05) is 36.6 Å². The zero-order chi connectivity index (χ0) is 17.9. The molecule has 25 heavy (non-hydrogen) atoms. The molecule has 0 bridgehead atoms. The summed E-state index contributed by atoms with van der Waals surface area (Å²) in [4.78, 5) is 16.8. The number of hydrogen-bond donors (Lipinski definition) is 2. The smallest absolute Gasteiger partial charge is 0.319 e. The molecule has 1 atom stereocenters. The van der Waals surface area contributed by atoms with Crippen LogP contribution in [0.15, 0.2) is 18.2 Å². The number of rotatable bonds is 5. The summed E-state index contributed by atoms with van der Waals surface area (Å²) in [6, 6.07) is 5.58. The number of amides is 2. The molecule has 0 unspecified atom stereocenters. The van der Waals surface area contributed by atoms with E-state index in [1.807, 2.05) is 30.0 Å². The molecular formula is C18H27ClN4OS. The molecule has 3 rings (SSSR count). The lowest BCUT2D eigenvalue weighted by atomic mass is 9.97. The Morgan fingerprint density at radius 2 is 2.12 bits per heavy atom. The Morgan fingerprint density at radius 1 is 1.36 bits per heavy atom. The highest BCUT2D eigenvalue weighted by Gasteiger charge is 2.36. The van der Waals surface area contributed by atoms with Gasteiger partial charge < -0.3 is 20.4 Å². The number of thioether (sulfide) groups is 1. The summed E-state index contributed by atoms with van der Waals surface area (Å²) in [6.07, 6.45) is 3.52. The molecule has 2 fully saturated rings. The second-order valence-corrected chi connectivity index (χ2v) is 8.60. The number of likely N-dealkylation sites (N-methyl/N-ethyl adjacent to an activating group) is 1. The summed E-state index contributed by atoms with van der Waals surface area (Å²) >= 11 is 8.36. The lowest BCUT2D eigenvalue weighted by Gasteiger charge is -2.35. The summed E-state index contributed by atoms with van der Waals surface area (Å²) in [5.41, 5.74) is 1.84. The number of nitrogens with zero attached hydrogens (tertiary/aromatic N) is 2. The molecule has 138 valence electrons. The fourth-order valence-corrected chi connectivity index (χ4v) is 5.32. The topological polar surface area (TPSA) is 47.6 Å². The zero-order valence-corrected chi connectivity index (χ0v) is 16.6. The number of benzene rings is 1. The summed E-state index contributed by atoms with van der Waals surface area (Å²) in [6.45, 7) is 2.76. The van der Waals surface area contributed by atoms with E-state index < -0.39 is 0 Å². The van der Waals surface area contributed by atoms with Crippen LogP contribution < -0.4 is 15.5 Å². The van der Waals surface area contributed by atoms with Crippen molar-refractivity contribution in [1.82, 2.24) is 10.2 Å². The van der Waals surface area contributed by atoms with Crippen molar-refractivity contribution in [3.8, 4) is 0 Å². The number of nitrogens with one attached hydrogen (secondary N) is 2. The molecule has 2 amide bonds. The monoisotopic (exact) mass is 382 g/mol. The van der Waals surface area contributed by atoms with Crippen molar-refractivity contribution in [2.45, 2.75) is 24.8 Å². The normalized spacial score (nSPS) is 23.3. The lowest BCUT2D eigenvalue weighted by molar-refractivity contribution is 0.176. The number of carbonyl (C=O) groups excluding carboxylic acids is 1. The van der Waals surface area contributed by atoms with E-state index in [-0.39, 0.29) is 11.6 Å². The molecular weight excluding hydrogens is 356 g/mol. The van der Waals surface area contributed by atoms with Crippen molar-refractivity contribution < 1.29 is 4.79 Å². The second kappa shape index (κ2) is 8.06. The Hall–Kier alpha value is -1.11. The summed E-state index contributed by atoms with van der Waals surface area (Å²) in [5, 5.41) is 6.62. The summed E-state index contributed by atoms with van der Waals surface area (Å²) in [5.74, 6) is 2.20. The van der Waals surface area contributed by atoms with Gasteiger partial charge in [-0.1, -0.05) is 11.6 Å². The van der Waals surface area contributed by atoms with Crippen molar-refractivity contribution in [2.24, 2.45) is 0 Å². The van der Waals surface area contributed by atoms with E-state index in [0.717, 1.165) is 42.4 Å². The number of anilines is 2. The van der Waals surface area contributed by atoms with Gasteiger partial charge in [0.1, 0.15) is 0 Å². The second-order valence-electron chi connectivity index (χ2n) is 7.09. The van der Waals surface area contributed by atoms with Crippen LogP contribution in [-0.2, 0) is 0 Å². The molecule has 0 aliphatic carbocycles. The maximum absolute atomic E-state index is 12.3. The highest BCUT2D eigenvalue weighted by Crippen LogP contribution is 2.32. The Morgan fingerprint density at radius 3 is 2.72 bits per heavy atom. The fourth-order valence-electron chi connectivity index (χ4n) is 3.47. The predicted octanol–water partition coefficient (Wildman–Crippen LogP) is 3.50. The van der Waals surface area contributed by atoms with Crippen LogP contribution >= 0.6 is 23.4 Å². The molecule has 7 heteroatoms. The first-order valence-corrected chi connectivity index (χ1v) is 10.4. The molecule has 2 aliphatic rings. The molecule has 5 nitrogen and oxygen atoms in total. The first-order chi connectivity index (χ1) is 12.0. The predicted molar refractivity (Wildman–Crippen MR) is 108 cm³/mol. The van der Waals surface area contributed by atoms with Crippen molar-refractivity contribution >= 4 is 40.8 Å². The maximum atomic E-state index is 12.3. The van der Waals surface area contributed by atoms with E-state index in [1.54, 1.807) is 0 Å². The molecule has 0 saturated carbocycles. The molecule has 0 radical (unpaired) electrons. The van der Waals surface area contributed by atoms with E-state index in [2.05, 4.69) is 34.5 Å². The van der Waals surface area contributed by atoms with Crippen LogP contribution in [0, 0.1) is 0 Å². The van der Waals surface area contributed by atoms with Crippen molar-refractivity contribution in [3.05, 3.63) is 23.2 Å². The molecule has 1 aromatic rings. The third-order valence-electron chi connectivity index (χ3n) is 5.26. The molecule has 2 aliphatic heterocycles. The van der Waals surface area contributed by atoms with Gasteiger partial charge in [-0.2, -0.15) is 11.8 Å². The number of hydrogen-bond acceptors (Lipinski definition) is 4. The van der Waals surface area contributed by atoms with Gasteiger partial charge in [0.15, 0.2) is 0 Å². The summed E-state index contributed by atoms with van der Waals surface area (Å²) in [7, 11) is 4.17. The van der Waals surface area contributed by atoms with Crippen LogP contribution in [0.25, 0.3) is 0 Å². The van der Waals surface area contributed by atoms with Gasteiger partial charge in [0.05, 0.1) is 10.7 Å². The minimum absolute atomic E-state index is 0.0548. The van der Waals surface area contributed by atoms with Crippen LogP contribution in [0.2, 0.25) is 5.02 Å². The summed E-state index contributed by atoms with van der Waals surface area (Å²) < 4.78 is 0. The van der Waals surface area contributed by atoms with Crippen LogP contribution in [0.5, 0.6) is 0 Å². The largest absolute Gasteiger partial charge is 0.370 e. The SMILES string of the molecule is CN(C)[C@]1(CNC(=O)Nc2ccc(N3CCCC3)c(Cl)c2)CCSC1. The van der Waals surface area contributed by atoms with Gasteiger partial charge in [-0.3, -0.25) is 0 Å². The lowest BCUT2D eigenvalue weighted by Crippen LogP contribution is -2.53. The number of carbonyl (C=O) groups is 1. The minimum Gasteiger partial charge on any atom is -0.370 e. The molecule has 2 heterocycles. The van der Waals surface area contributed by atoms with Gasteiger partial charge in [0.25, 0.3) is 0 Å². The fraction of sp³-hybridized carbons (Fsp3) is 0.611. The quantitative estimate of drug-likeness (QED) is 0.818. The Labute approximate surface area is 159 Å². The third kappa shape index (κ3) is 4.36. The minimum atomic E-state index is -0.178. The van der Waals surface area contributed by atoms with Gasteiger partial charge in [-0.25, -0.2) is 4.79 Å². The molecule has 0 spiro atoms. The van der Waals surface area contributed by atoms with Crippen LogP contribution in [0.1, 0.15) is 19.3 Å². The van der Waals surface area contributed by atoms with E-state index in [0.29, 0.717) is 11.6 Å². The van der Waals surface area contributed by atoms with Crippen molar-refractivity contribution in [1.29, 1.82) is 0 Å². The van der Waals surface area contributed by atoms with Crippen molar-refractivity contribution in [2.75, 3.05) is 55.5 Å². The molecule has 0 aromatic heterocycles. The average molecular weight is 383 g/mol. The van der Waals surface area contributed by atoms with Gasteiger partial charge >= 0.3 is 6.03 Å². The van der Waals surface area contributed by atoms with Gasteiger partial charge in [-0.15, -0.1) is 0 Å².